The summed E-state index contributed by atoms with van der Waals surface area (Å²) in [5.74, 6) is 1.45. The molecular weight excluding hydrogens is 260 g/mol. The van der Waals surface area contributed by atoms with Gasteiger partial charge in [0.25, 0.3) is 0 Å². The van der Waals surface area contributed by atoms with E-state index in [0.717, 1.165) is 5.56 Å². The SMILES string of the molecule is C#Cc1cccc(NC(=O)C(C#N)Cc2ccccc2)c1. The highest BCUT2D eigenvalue weighted by atomic mass is 16.1. The van der Waals surface area contributed by atoms with Gasteiger partial charge in [0.15, 0.2) is 0 Å². The van der Waals surface area contributed by atoms with Crippen LogP contribution in [-0.4, -0.2) is 5.91 Å². The molecule has 21 heavy (non-hydrogen) atoms. The van der Waals surface area contributed by atoms with Crippen molar-refractivity contribution < 1.29 is 4.79 Å². The first-order chi connectivity index (χ1) is 10.2. The molecule has 2 aromatic rings. The van der Waals surface area contributed by atoms with E-state index in [1.54, 1.807) is 24.3 Å². The number of nitrogens with one attached hydrogen (secondary N) is 1. The molecule has 0 aromatic heterocycles. The Morgan fingerprint density at radius 1 is 1.19 bits per heavy atom. The number of rotatable bonds is 4. The maximum absolute atomic E-state index is 12.2. The smallest absolute Gasteiger partial charge is 0.242 e. The van der Waals surface area contributed by atoms with Crippen LogP contribution in [0.5, 0.6) is 0 Å². The largest absolute Gasteiger partial charge is 0.325 e. The van der Waals surface area contributed by atoms with Gasteiger partial charge in [-0.25, -0.2) is 0 Å². The van der Waals surface area contributed by atoms with Crippen molar-refractivity contribution >= 4 is 11.6 Å². The number of amides is 1. The Morgan fingerprint density at radius 3 is 2.62 bits per heavy atom. The zero-order chi connectivity index (χ0) is 15.1. The highest BCUT2D eigenvalue weighted by Gasteiger charge is 2.18. The molecule has 0 bridgehead atoms. The molecule has 102 valence electrons. The Hall–Kier alpha value is -3.04. The van der Waals surface area contributed by atoms with Gasteiger partial charge in [0, 0.05) is 11.3 Å². The molecular formula is C18H14N2O. The molecule has 3 nitrogen and oxygen atoms in total. The van der Waals surface area contributed by atoms with Crippen molar-refractivity contribution in [2.45, 2.75) is 6.42 Å². The average Bonchev–Trinajstić information content (AvgIpc) is 2.53. The predicted molar refractivity (Wildman–Crippen MR) is 82.3 cm³/mol. The molecule has 1 atom stereocenters. The lowest BCUT2D eigenvalue weighted by atomic mass is 10.00. The van der Waals surface area contributed by atoms with Crippen LogP contribution in [0.3, 0.4) is 0 Å². The Bertz CT molecular complexity index is 708. The van der Waals surface area contributed by atoms with Gasteiger partial charge in [0.2, 0.25) is 5.91 Å². The summed E-state index contributed by atoms with van der Waals surface area (Å²) in [7, 11) is 0. The predicted octanol–water partition coefficient (Wildman–Crippen LogP) is 2.99. The molecule has 0 saturated heterocycles. The van der Waals surface area contributed by atoms with E-state index in [0.29, 0.717) is 17.7 Å². The van der Waals surface area contributed by atoms with Gasteiger partial charge < -0.3 is 5.32 Å². The maximum Gasteiger partial charge on any atom is 0.242 e. The molecule has 1 unspecified atom stereocenters. The minimum Gasteiger partial charge on any atom is -0.325 e. The molecule has 0 radical (unpaired) electrons. The molecule has 0 spiro atoms. The number of nitriles is 1. The van der Waals surface area contributed by atoms with Crippen LogP contribution in [0.4, 0.5) is 5.69 Å². The quantitative estimate of drug-likeness (QED) is 0.871. The number of hydrogen-bond acceptors (Lipinski definition) is 2. The first-order valence-electron chi connectivity index (χ1n) is 6.54. The van der Waals surface area contributed by atoms with Crippen molar-refractivity contribution in [3.8, 4) is 18.4 Å². The van der Waals surface area contributed by atoms with E-state index in [1.807, 2.05) is 36.4 Å². The fourth-order valence-corrected chi connectivity index (χ4v) is 1.96. The van der Waals surface area contributed by atoms with Crippen molar-refractivity contribution in [2.24, 2.45) is 5.92 Å². The van der Waals surface area contributed by atoms with Gasteiger partial charge in [0.1, 0.15) is 5.92 Å². The second-order valence-corrected chi connectivity index (χ2v) is 4.59. The molecule has 0 aliphatic rings. The molecule has 0 aliphatic carbocycles. The summed E-state index contributed by atoms with van der Waals surface area (Å²) in [6.07, 6.45) is 5.71. The van der Waals surface area contributed by atoms with Gasteiger partial charge >= 0.3 is 0 Å². The fourth-order valence-electron chi connectivity index (χ4n) is 1.96. The van der Waals surface area contributed by atoms with E-state index in [1.165, 1.54) is 0 Å². The van der Waals surface area contributed by atoms with Crippen molar-refractivity contribution in [3.63, 3.8) is 0 Å². The lowest BCUT2D eigenvalue weighted by molar-refractivity contribution is -0.118. The molecule has 0 fully saturated rings. The number of anilines is 1. The van der Waals surface area contributed by atoms with Crippen LogP contribution >= 0.6 is 0 Å². The van der Waals surface area contributed by atoms with E-state index in [4.69, 9.17) is 6.42 Å². The summed E-state index contributed by atoms with van der Waals surface area (Å²) in [6, 6.07) is 18.5. The zero-order valence-electron chi connectivity index (χ0n) is 11.4. The molecule has 0 heterocycles. The van der Waals surface area contributed by atoms with Crippen LogP contribution in [-0.2, 0) is 11.2 Å². The first-order valence-corrected chi connectivity index (χ1v) is 6.54. The molecule has 0 saturated carbocycles. The second kappa shape index (κ2) is 6.93. The second-order valence-electron chi connectivity index (χ2n) is 4.59. The van der Waals surface area contributed by atoms with Crippen molar-refractivity contribution in [1.82, 2.24) is 0 Å². The van der Waals surface area contributed by atoms with E-state index < -0.39 is 5.92 Å². The van der Waals surface area contributed by atoms with E-state index >= 15 is 0 Å². The van der Waals surface area contributed by atoms with Crippen molar-refractivity contribution in [2.75, 3.05) is 5.32 Å². The third kappa shape index (κ3) is 3.96. The number of terminal acetylenes is 1. The van der Waals surface area contributed by atoms with E-state index in [-0.39, 0.29) is 5.91 Å². The summed E-state index contributed by atoms with van der Waals surface area (Å²) < 4.78 is 0. The molecule has 2 aromatic carbocycles. The minimum atomic E-state index is -0.734. The van der Waals surface area contributed by atoms with Crippen molar-refractivity contribution in [1.29, 1.82) is 5.26 Å². The van der Waals surface area contributed by atoms with Gasteiger partial charge in [-0.15, -0.1) is 6.42 Å². The Labute approximate surface area is 124 Å². The molecule has 3 heteroatoms. The summed E-state index contributed by atoms with van der Waals surface area (Å²) in [5.41, 5.74) is 2.24. The third-order valence-corrected chi connectivity index (χ3v) is 3.05. The zero-order valence-corrected chi connectivity index (χ0v) is 11.4. The fraction of sp³-hybridized carbons (Fsp3) is 0.111. The topological polar surface area (TPSA) is 52.9 Å². The lowest BCUT2D eigenvalue weighted by Crippen LogP contribution is -2.23. The Balaban J connectivity index is 2.07. The van der Waals surface area contributed by atoms with Gasteiger partial charge in [0.05, 0.1) is 6.07 Å². The molecule has 1 N–H and O–H groups in total. The van der Waals surface area contributed by atoms with E-state index in [9.17, 15) is 10.1 Å². The van der Waals surface area contributed by atoms with E-state index in [2.05, 4.69) is 11.2 Å². The molecule has 0 aliphatic heterocycles. The van der Waals surface area contributed by atoms with Gasteiger partial charge in [-0.1, -0.05) is 42.3 Å². The average molecular weight is 274 g/mol. The first kappa shape index (κ1) is 14.4. The standard InChI is InChI=1S/C18H14N2O/c1-2-14-9-6-10-17(12-14)20-18(21)16(13-19)11-15-7-4-3-5-8-15/h1,3-10,12,16H,11H2,(H,20,21). The number of carbonyl (C=O) groups is 1. The Kier molecular flexibility index (Phi) is 4.75. The van der Waals surface area contributed by atoms with Crippen LogP contribution in [0.25, 0.3) is 0 Å². The van der Waals surface area contributed by atoms with Gasteiger partial charge in [-0.3, -0.25) is 4.79 Å². The molecule has 2 rings (SSSR count). The number of benzene rings is 2. The summed E-state index contributed by atoms with van der Waals surface area (Å²) in [4.78, 5) is 12.2. The van der Waals surface area contributed by atoms with Crippen LogP contribution in [0.2, 0.25) is 0 Å². The lowest BCUT2D eigenvalue weighted by Gasteiger charge is -2.10. The van der Waals surface area contributed by atoms with Crippen molar-refractivity contribution in [3.05, 3.63) is 65.7 Å². The van der Waals surface area contributed by atoms with Crippen LogP contribution in [0.15, 0.2) is 54.6 Å². The maximum atomic E-state index is 12.2. The number of carbonyl (C=O) groups excluding carboxylic acids is 1. The van der Waals surface area contributed by atoms with Crippen LogP contribution in [0, 0.1) is 29.6 Å². The molecule has 1 amide bonds. The van der Waals surface area contributed by atoms with Gasteiger partial charge in [-0.2, -0.15) is 5.26 Å². The van der Waals surface area contributed by atoms with Crippen LogP contribution in [0.1, 0.15) is 11.1 Å². The highest BCUT2D eigenvalue weighted by molar-refractivity contribution is 5.94. The monoisotopic (exact) mass is 274 g/mol. The summed E-state index contributed by atoms with van der Waals surface area (Å²) in [5, 5.41) is 11.9. The van der Waals surface area contributed by atoms with Crippen LogP contribution < -0.4 is 5.32 Å². The Morgan fingerprint density at radius 2 is 1.95 bits per heavy atom. The minimum absolute atomic E-state index is 0.324. The summed E-state index contributed by atoms with van der Waals surface area (Å²) in [6.45, 7) is 0. The normalized spacial score (nSPS) is 11.0. The summed E-state index contributed by atoms with van der Waals surface area (Å²) >= 11 is 0. The number of nitrogens with zero attached hydrogens (tertiary/aromatic N) is 1. The van der Waals surface area contributed by atoms with Gasteiger partial charge in [-0.05, 0) is 30.2 Å². The third-order valence-electron chi connectivity index (χ3n) is 3.05. The number of hydrogen-bond donors (Lipinski definition) is 1. The highest BCUT2D eigenvalue weighted by Crippen LogP contribution is 2.14.